The molecule has 0 saturated carbocycles. The highest BCUT2D eigenvalue weighted by Crippen LogP contribution is 2.34. The summed E-state index contributed by atoms with van der Waals surface area (Å²) >= 11 is 3.21. The minimum atomic E-state index is -0.857. The average Bonchev–Trinajstić information content (AvgIpc) is 2.10. The van der Waals surface area contributed by atoms with Gasteiger partial charge in [0.2, 0.25) is 0 Å². The van der Waals surface area contributed by atoms with Gasteiger partial charge in [0, 0.05) is 5.56 Å². The van der Waals surface area contributed by atoms with Crippen molar-refractivity contribution in [2.75, 3.05) is 6.61 Å². The molecule has 14 heavy (non-hydrogen) atoms. The first kappa shape index (κ1) is 11.5. The lowest BCUT2D eigenvalue weighted by Gasteiger charge is -2.13. The Morgan fingerprint density at radius 3 is 2.71 bits per heavy atom. The van der Waals surface area contributed by atoms with Gasteiger partial charge in [0.05, 0.1) is 17.2 Å². The van der Waals surface area contributed by atoms with Crippen LogP contribution in [-0.2, 0) is 0 Å². The minimum Gasteiger partial charge on any atom is -0.493 e. The summed E-state index contributed by atoms with van der Waals surface area (Å²) in [5.41, 5.74) is 0.232. The van der Waals surface area contributed by atoms with Gasteiger partial charge in [-0.2, -0.15) is 0 Å². The van der Waals surface area contributed by atoms with E-state index in [0.717, 1.165) is 0 Å². The van der Waals surface area contributed by atoms with E-state index in [1.807, 2.05) is 6.92 Å². The predicted molar refractivity (Wildman–Crippen MR) is 55.9 cm³/mol. The maximum atomic E-state index is 13.3. The molecule has 2 nitrogen and oxygen atoms in total. The molecule has 78 valence electrons. The third-order valence-electron chi connectivity index (χ3n) is 1.81. The molecule has 1 unspecified atom stereocenters. The van der Waals surface area contributed by atoms with Crippen LogP contribution in [0.4, 0.5) is 4.39 Å². The number of hydrogen-bond acceptors (Lipinski definition) is 2. The van der Waals surface area contributed by atoms with Gasteiger partial charge in [-0.05, 0) is 41.9 Å². The Bertz CT molecular complexity index is 326. The van der Waals surface area contributed by atoms with Crippen molar-refractivity contribution in [3.63, 3.8) is 0 Å². The molecule has 0 amide bonds. The Morgan fingerprint density at radius 2 is 2.21 bits per heavy atom. The zero-order valence-electron chi connectivity index (χ0n) is 8.05. The van der Waals surface area contributed by atoms with Crippen LogP contribution < -0.4 is 4.74 Å². The molecule has 1 N–H and O–H groups in total. The van der Waals surface area contributed by atoms with Crippen molar-refractivity contribution in [1.29, 1.82) is 0 Å². The summed E-state index contributed by atoms with van der Waals surface area (Å²) in [5, 5.41) is 9.35. The maximum absolute atomic E-state index is 13.3. The number of aliphatic hydroxyl groups is 1. The number of rotatable bonds is 3. The average molecular weight is 263 g/mol. The van der Waals surface area contributed by atoms with Crippen LogP contribution in [0, 0.1) is 5.82 Å². The van der Waals surface area contributed by atoms with Crippen LogP contribution in [0.1, 0.15) is 25.5 Å². The number of ether oxygens (including phenoxy) is 1. The molecule has 0 aliphatic carbocycles. The van der Waals surface area contributed by atoms with E-state index >= 15 is 0 Å². The highest BCUT2D eigenvalue weighted by atomic mass is 79.9. The molecule has 4 heteroatoms. The number of aliphatic hydroxyl groups excluding tert-OH is 1. The standard InChI is InChI=1S/C10H12BrFO2/c1-3-14-8-5-4-7(12)9(6(2)13)10(8)11/h4-6,13H,3H2,1-2H3. The Hall–Kier alpha value is -0.610. The lowest BCUT2D eigenvalue weighted by molar-refractivity contribution is 0.192. The molecule has 0 aromatic heterocycles. The van der Waals surface area contributed by atoms with Gasteiger partial charge in [-0.1, -0.05) is 0 Å². The smallest absolute Gasteiger partial charge is 0.134 e. The predicted octanol–water partition coefficient (Wildman–Crippen LogP) is 3.04. The zero-order chi connectivity index (χ0) is 10.7. The fourth-order valence-electron chi connectivity index (χ4n) is 1.20. The summed E-state index contributed by atoms with van der Waals surface area (Å²) in [6.07, 6.45) is -0.857. The lowest BCUT2D eigenvalue weighted by Crippen LogP contribution is -2.01. The van der Waals surface area contributed by atoms with Crippen LogP contribution in [0.3, 0.4) is 0 Å². The SMILES string of the molecule is CCOc1ccc(F)c(C(C)O)c1Br. The number of halogens is 2. The fraction of sp³-hybridized carbons (Fsp3) is 0.400. The molecule has 1 aromatic rings. The number of hydrogen-bond donors (Lipinski definition) is 1. The van der Waals surface area contributed by atoms with Gasteiger partial charge in [-0.15, -0.1) is 0 Å². The molecule has 0 aliphatic heterocycles. The molecular formula is C10H12BrFO2. The summed E-state index contributed by atoms with van der Waals surface area (Å²) in [4.78, 5) is 0. The van der Waals surface area contributed by atoms with Gasteiger partial charge in [0.15, 0.2) is 0 Å². The van der Waals surface area contributed by atoms with Gasteiger partial charge >= 0.3 is 0 Å². The Kier molecular flexibility index (Phi) is 3.89. The van der Waals surface area contributed by atoms with Gasteiger partial charge in [-0.25, -0.2) is 4.39 Å². The Balaban J connectivity index is 3.19. The topological polar surface area (TPSA) is 29.5 Å². The molecule has 1 aromatic carbocycles. The van der Waals surface area contributed by atoms with Gasteiger partial charge in [0.25, 0.3) is 0 Å². The third-order valence-corrected chi connectivity index (χ3v) is 2.63. The van der Waals surface area contributed by atoms with Crippen molar-refractivity contribution >= 4 is 15.9 Å². The van der Waals surface area contributed by atoms with E-state index in [1.54, 1.807) is 0 Å². The molecular weight excluding hydrogens is 251 g/mol. The van der Waals surface area contributed by atoms with Crippen molar-refractivity contribution in [2.45, 2.75) is 20.0 Å². The lowest BCUT2D eigenvalue weighted by atomic mass is 10.1. The minimum absolute atomic E-state index is 0.232. The first-order chi connectivity index (χ1) is 6.57. The van der Waals surface area contributed by atoms with Crippen LogP contribution in [-0.4, -0.2) is 11.7 Å². The van der Waals surface area contributed by atoms with Crippen molar-refractivity contribution < 1.29 is 14.2 Å². The second-order valence-electron chi connectivity index (χ2n) is 2.88. The molecule has 1 atom stereocenters. The molecule has 0 saturated heterocycles. The Labute approximate surface area is 90.8 Å². The summed E-state index contributed by atoms with van der Waals surface area (Å²) in [5.74, 6) is 0.111. The van der Waals surface area contributed by atoms with E-state index < -0.39 is 11.9 Å². The summed E-state index contributed by atoms with van der Waals surface area (Å²) in [6, 6.07) is 2.83. The molecule has 0 spiro atoms. The van der Waals surface area contributed by atoms with E-state index in [2.05, 4.69) is 15.9 Å². The molecule has 0 heterocycles. The van der Waals surface area contributed by atoms with E-state index in [9.17, 15) is 9.50 Å². The molecule has 0 aliphatic rings. The first-order valence-electron chi connectivity index (χ1n) is 4.36. The first-order valence-corrected chi connectivity index (χ1v) is 5.16. The van der Waals surface area contributed by atoms with Crippen molar-refractivity contribution in [3.8, 4) is 5.75 Å². The van der Waals surface area contributed by atoms with Crippen LogP contribution in [0.15, 0.2) is 16.6 Å². The van der Waals surface area contributed by atoms with E-state index in [1.165, 1.54) is 19.1 Å². The van der Waals surface area contributed by atoms with Crippen LogP contribution in [0.5, 0.6) is 5.75 Å². The second kappa shape index (κ2) is 4.75. The van der Waals surface area contributed by atoms with E-state index in [0.29, 0.717) is 16.8 Å². The monoisotopic (exact) mass is 262 g/mol. The van der Waals surface area contributed by atoms with Crippen LogP contribution in [0.25, 0.3) is 0 Å². The number of benzene rings is 1. The highest BCUT2D eigenvalue weighted by Gasteiger charge is 2.16. The van der Waals surface area contributed by atoms with Crippen LogP contribution >= 0.6 is 15.9 Å². The van der Waals surface area contributed by atoms with Crippen molar-refractivity contribution in [2.24, 2.45) is 0 Å². The fourth-order valence-corrected chi connectivity index (χ4v) is 1.97. The summed E-state index contributed by atoms with van der Waals surface area (Å²) in [6.45, 7) is 3.86. The molecule has 1 rings (SSSR count). The molecule has 0 radical (unpaired) electrons. The highest BCUT2D eigenvalue weighted by molar-refractivity contribution is 9.10. The van der Waals surface area contributed by atoms with Crippen LogP contribution in [0.2, 0.25) is 0 Å². The van der Waals surface area contributed by atoms with Crippen molar-refractivity contribution in [1.82, 2.24) is 0 Å². The Morgan fingerprint density at radius 1 is 1.57 bits per heavy atom. The van der Waals surface area contributed by atoms with Gasteiger partial charge in [-0.3, -0.25) is 0 Å². The summed E-state index contributed by atoms with van der Waals surface area (Å²) < 4.78 is 19.0. The molecule has 0 fully saturated rings. The second-order valence-corrected chi connectivity index (χ2v) is 3.68. The third kappa shape index (κ3) is 2.25. The van der Waals surface area contributed by atoms with Gasteiger partial charge < -0.3 is 9.84 Å². The van der Waals surface area contributed by atoms with E-state index in [4.69, 9.17) is 4.74 Å². The zero-order valence-corrected chi connectivity index (χ0v) is 9.64. The van der Waals surface area contributed by atoms with Crippen molar-refractivity contribution in [3.05, 3.63) is 28.0 Å². The van der Waals surface area contributed by atoms with Gasteiger partial charge in [0.1, 0.15) is 11.6 Å². The summed E-state index contributed by atoms with van der Waals surface area (Å²) in [7, 11) is 0. The maximum Gasteiger partial charge on any atom is 0.134 e. The largest absolute Gasteiger partial charge is 0.493 e. The quantitative estimate of drug-likeness (QED) is 0.908. The normalized spacial score (nSPS) is 12.6. The molecule has 0 bridgehead atoms. The van der Waals surface area contributed by atoms with E-state index in [-0.39, 0.29) is 5.56 Å².